The van der Waals surface area contributed by atoms with Gasteiger partial charge in [-0.25, -0.2) is 0 Å². The third-order valence-corrected chi connectivity index (χ3v) is 5.42. The first-order chi connectivity index (χ1) is 11.8. The Kier molecular flexibility index (Phi) is 7.46. The molecule has 1 aromatic rings. The van der Waals surface area contributed by atoms with Crippen molar-refractivity contribution in [3.05, 3.63) is 34.3 Å². The molecule has 8 heteroatoms. The Balaban J connectivity index is 1.92. The minimum absolute atomic E-state index is 0.0710. The maximum absolute atomic E-state index is 12.8. The average molecular weight is 394 g/mol. The molecule has 1 heterocycles. The molecule has 3 nitrogen and oxygen atoms in total. The quantitative estimate of drug-likeness (QED) is 0.582. The van der Waals surface area contributed by atoms with Crippen LogP contribution in [0, 0.1) is 0 Å². The van der Waals surface area contributed by atoms with Crippen LogP contribution in [0.4, 0.5) is 13.2 Å². The second-order valence-electron chi connectivity index (χ2n) is 6.09. The van der Waals surface area contributed by atoms with Gasteiger partial charge in [-0.15, -0.1) is 0 Å². The van der Waals surface area contributed by atoms with E-state index in [0.29, 0.717) is 11.6 Å². The number of halogens is 4. The van der Waals surface area contributed by atoms with Crippen molar-refractivity contribution < 1.29 is 13.2 Å². The zero-order chi connectivity index (χ0) is 18.4. The van der Waals surface area contributed by atoms with Crippen LogP contribution in [0.3, 0.4) is 0 Å². The van der Waals surface area contributed by atoms with E-state index in [0.717, 1.165) is 36.1 Å². The first kappa shape index (κ1) is 20.4. The molecule has 0 amide bonds. The van der Waals surface area contributed by atoms with E-state index in [2.05, 4.69) is 22.1 Å². The summed E-state index contributed by atoms with van der Waals surface area (Å²) in [4.78, 5) is 6.84. The highest BCUT2D eigenvalue weighted by Crippen LogP contribution is 2.32. The first-order valence-electron chi connectivity index (χ1n) is 8.25. The van der Waals surface area contributed by atoms with Crippen LogP contribution >= 0.6 is 23.4 Å². The number of hydrogen-bond acceptors (Lipinski definition) is 3. The lowest BCUT2D eigenvalue weighted by Gasteiger charge is -2.20. The van der Waals surface area contributed by atoms with Gasteiger partial charge in [0.2, 0.25) is 0 Å². The van der Waals surface area contributed by atoms with Crippen molar-refractivity contribution in [3.8, 4) is 0 Å². The lowest BCUT2D eigenvalue weighted by Crippen LogP contribution is -2.29. The Hall–Kier alpha value is -0.920. The molecule has 1 N–H and O–H groups in total. The number of likely N-dealkylation sites (tertiary alicyclic amines) is 1. The topological polar surface area (TPSA) is 27.6 Å². The maximum atomic E-state index is 12.8. The molecule has 2 rings (SSSR count). The van der Waals surface area contributed by atoms with Crippen LogP contribution < -0.4 is 5.32 Å². The Morgan fingerprint density at radius 2 is 2.16 bits per heavy atom. The lowest BCUT2D eigenvalue weighted by molar-refractivity contribution is -0.137. The molecule has 1 unspecified atom stereocenters. The summed E-state index contributed by atoms with van der Waals surface area (Å²) in [5.41, 5.74) is -0.298. The van der Waals surface area contributed by atoms with E-state index in [4.69, 9.17) is 11.6 Å². The monoisotopic (exact) mass is 393 g/mol. The zero-order valence-corrected chi connectivity index (χ0v) is 15.9. The van der Waals surface area contributed by atoms with E-state index in [1.807, 2.05) is 0 Å². The van der Waals surface area contributed by atoms with E-state index >= 15 is 0 Å². The number of thioether (sulfide) groups is 1. The van der Waals surface area contributed by atoms with Crippen LogP contribution in [0.2, 0.25) is 5.02 Å². The Morgan fingerprint density at radius 3 is 2.76 bits per heavy atom. The number of nitrogens with zero attached hydrogens (tertiary/aromatic N) is 2. The number of nitrogens with one attached hydrogen (secondary N) is 1. The summed E-state index contributed by atoms with van der Waals surface area (Å²) in [7, 11) is 1.77. The molecule has 25 heavy (non-hydrogen) atoms. The van der Waals surface area contributed by atoms with Crippen LogP contribution in [0.1, 0.15) is 30.9 Å². The Bertz CT molecular complexity index is 607. The summed E-state index contributed by atoms with van der Waals surface area (Å²) < 4.78 is 38.5. The minimum atomic E-state index is -4.41. The molecule has 1 saturated heterocycles. The SMILES string of the molecule is CN/C(=N/Cc1cc(Cl)cc(C(F)(F)F)c1)SCCN1CCCC1C. The van der Waals surface area contributed by atoms with Gasteiger partial charge >= 0.3 is 6.18 Å². The van der Waals surface area contributed by atoms with Gasteiger partial charge < -0.3 is 5.32 Å². The molecule has 140 valence electrons. The molecule has 1 fully saturated rings. The van der Waals surface area contributed by atoms with Crippen molar-refractivity contribution in [2.75, 3.05) is 25.9 Å². The molecule has 0 aliphatic carbocycles. The molecule has 1 aromatic carbocycles. The summed E-state index contributed by atoms with van der Waals surface area (Å²) in [6.07, 6.45) is -1.92. The molecule has 0 radical (unpaired) electrons. The molecule has 1 aliphatic rings. The van der Waals surface area contributed by atoms with Crippen LogP contribution in [-0.2, 0) is 12.7 Å². The van der Waals surface area contributed by atoms with E-state index < -0.39 is 11.7 Å². The van der Waals surface area contributed by atoms with Crippen molar-refractivity contribution in [3.63, 3.8) is 0 Å². The van der Waals surface area contributed by atoms with Crippen molar-refractivity contribution >= 4 is 28.5 Å². The van der Waals surface area contributed by atoms with Gasteiger partial charge in [-0.1, -0.05) is 23.4 Å². The maximum Gasteiger partial charge on any atom is 0.416 e. The molecule has 0 spiro atoms. The van der Waals surface area contributed by atoms with Gasteiger partial charge in [0.15, 0.2) is 5.17 Å². The van der Waals surface area contributed by atoms with Gasteiger partial charge in [-0.2, -0.15) is 13.2 Å². The van der Waals surface area contributed by atoms with Gasteiger partial charge in [0.05, 0.1) is 12.1 Å². The summed E-state index contributed by atoms with van der Waals surface area (Å²) >= 11 is 7.39. The molecule has 0 saturated carbocycles. The fraction of sp³-hybridized carbons (Fsp3) is 0.588. The zero-order valence-electron chi connectivity index (χ0n) is 14.4. The van der Waals surface area contributed by atoms with Gasteiger partial charge in [0.25, 0.3) is 0 Å². The fourth-order valence-electron chi connectivity index (χ4n) is 2.85. The fourth-order valence-corrected chi connectivity index (χ4v) is 3.93. The number of rotatable bonds is 5. The predicted octanol–water partition coefficient (Wildman–Crippen LogP) is 4.65. The van der Waals surface area contributed by atoms with Gasteiger partial charge in [0.1, 0.15) is 0 Å². The third-order valence-electron chi connectivity index (χ3n) is 4.21. The number of benzene rings is 1. The van der Waals surface area contributed by atoms with E-state index in [9.17, 15) is 13.2 Å². The van der Waals surface area contributed by atoms with Crippen LogP contribution in [0.5, 0.6) is 0 Å². The van der Waals surface area contributed by atoms with Gasteiger partial charge in [-0.3, -0.25) is 9.89 Å². The van der Waals surface area contributed by atoms with Crippen LogP contribution in [0.25, 0.3) is 0 Å². The van der Waals surface area contributed by atoms with E-state index in [-0.39, 0.29) is 11.6 Å². The molecule has 0 bridgehead atoms. The summed E-state index contributed by atoms with van der Waals surface area (Å²) in [5, 5.41) is 3.80. The molecule has 1 atom stereocenters. The molecular formula is C17H23ClF3N3S. The Morgan fingerprint density at radius 1 is 1.40 bits per heavy atom. The van der Waals surface area contributed by atoms with Crippen molar-refractivity contribution in [1.29, 1.82) is 0 Å². The standard InChI is InChI=1S/C17H23ClF3N3S/c1-12-4-3-5-24(12)6-7-25-16(22-2)23-11-13-8-14(17(19,20)21)10-15(18)9-13/h8-10,12H,3-7,11H2,1-2H3,(H,22,23). The van der Waals surface area contributed by atoms with E-state index in [1.54, 1.807) is 18.8 Å². The van der Waals surface area contributed by atoms with Gasteiger partial charge in [0, 0.05) is 30.4 Å². The summed E-state index contributed by atoms with van der Waals surface area (Å²) in [6.45, 7) is 4.52. The third kappa shape index (κ3) is 6.38. The minimum Gasteiger partial charge on any atom is -0.368 e. The molecule has 1 aliphatic heterocycles. The highest BCUT2D eigenvalue weighted by Gasteiger charge is 2.31. The van der Waals surface area contributed by atoms with Crippen LogP contribution in [0.15, 0.2) is 23.2 Å². The summed E-state index contributed by atoms with van der Waals surface area (Å²) in [6, 6.07) is 4.17. The normalized spacial score (nSPS) is 19.4. The van der Waals surface area contributed by atoms with Crippen molar-refractivity contribution in [1.82, 2.24) is 10.2 Å². The largest absolute Gasteiger partial charge is 0.416 e. The van der Waals surface area contributed by atoms with Crippen LogP contribution in [-0.4, -0.2) is 42.0 Å². The second-order valence-corrected chi connectivity index (χ2v) is 7.61. The lowest BCUT2D eigenvalue weighted by atomic mass is 10.1. The first-order valence-corrected chi connectivity index (χ1v) is 9.61. The summed E-state index contributed by atoms with van der Waals surface area (Å²) in [5.74, 6) is 0.896. The Labute approximate surface area is 156 Å². The van der Waals surface area contributed by atoms with Crippen molar-refractivity contribution in [2.24, 2.45) is 4.99 Å². The van der Waals surface area contributed by atoms with E-state index in [1.165, 1.54) is 18.9 Å². The number of hydrogen-bond donors (Lipinski definition) is 1. The number of aliphatic imine (C=N–C) groups is 1. The average Bonchev–Trinajstić information content (AvgIpc) is 2.94. The smallest absolute Gasteiger partial charge is 0.368 e. The highest BCUT2D eigenvalue weighted by molar-refractivity contribution is 8.13. The molecular weight excluding hydrogens is 371 g/mol. The van der Waals surface area contributed by atoms with Gasteiger partial charge in [-0.05, 0) is 50.1 Å². The second kappa shape index (κ2) is 9.14. The highest BCUT2D eigenvalue weighted by atomic mass is 35.5. The molecule has 0 aromatic heterocycles. The predicted molar refractivity (Wildman–Crippen MR) is 99.4 cm³/mol. The van der Waals surface area contributed by atoms with Crippen molar-refractivity contribution in [2.45, 2.75) is 38.5 Å². The number of amidine groups is 1. The number of alkyl halides is 3.